The fourth-order valence-corrected chi connectivity index (χ4v) is 1.82. The quantitative estimate of drug-likeness (QED) is 0.694. The number of rotatable bonds is 8. The molecule has 0 aliphatic heterocycles. The number of aliphatic hydroxyl groups is 2. The molecule has 0 saturated carbocycles. The summed E-state index contributed by atoms with van der Waals surface area (Å²) in [5, 5.41) is 18.4. The molecule has 1 aromatic rings. The van der Waals surface area contributed by atoms with Crippen LogP contribution in [0.2, 0.25) is 0 Å². The number of hydrogen-bond donors (Lipinski definition) is 2. The van der Waals surface area contributed by atoms with Crippen molar-refractivity contribution in [3.05, 3.63) is 35.9 Å². The Balaban J connectivity index is 2.50. The summed E-state index contributed by atoms with van der Waals surface area (Å²) < 4.78 is 0. The molecule has 2 N–H and O–H groups in total. The first-order valence-corrected chi connectivity index (χ1v) is 6.41. The second-order valence-electron chi connectivity index (χ2n) is 4.11. The molecular formula is C13H20ClNO2. The van der Waals surface area contributed by atoms with Crippen LogP contribution in [-0.2, 0) is 6.54 Å². The van der Waals surface area contributed by atoms with Gasteiger partial charge in [-0.05, 0) is 12.0 Å². The van der Waals surface area contributed by atoms with Gasteiger partial charge < -0.3 is 10.2 Å². The predicted octanol–water partition coefficient (Wildman–Crippen LogP) is 1.47. The van der Waals surface area contributed by atoms with E-state index in [0.717, 1.165) is 13.1 Å². The van der Waals surface area contributed by atoms with Crippen LogP contribution in [0.5, 0.6) is 0 Å². The topological polar surface area (TPSA) is 43.7 Å². The summed E-state index contributed by atoms with van der Waals surface area (Å²) in [4.78, 5) is 2.11. The van der Waals surface area contributed by atoms with Crippen molar-refractivity contribution in [2.75, 3.05) is 25.6 Å². The van der Waals surface area contributed by atoms with Gasteiger partial charge in [0.2, 0.25) is 0 Å². The third-order valence-electron chi connectivity index (χ3n) is 2.53. The van der Waals surface area contributed by atoms with Gasteiger partial charge >= 0.3 is 0 Å². The summed E-state index contributed by atoms with van der Waals surface area (Å²) in [6.45, 7) is 2.24. The van der Waals surface area contributed by atoms with Crippen LogP contribution in [0.15, 0.2) is 30.3 Å². The Kier molecular flexibility index (Phi) is 7.21. The van der Waals surface area contributed by atoms with E-state index in [1.165, 1.54) is 5.56 Å². The van der Waals surface area contributed by atoms with Crippen molar-refractivity contribution in [3.63, 3.8) is 0 Å². The molecule has 0 aliphatic rings. The lowest BCUT2D eigenvalue weighted by Gasteiger charge is -2.24. The number of hydrogen-bond acceptors (Lipinski definition) is 3. The van der Waals surface area contributed by atoms with Crippen molar-refractivity contribution in [1.82, 2.24) is 4.90 Å². The van der Waals surface area contributed by atoms with Crippen LogP contribution >= 0.6 is 11.6 Å². The molecule has 1 unspecified atom stereocenters. The van der Waals surface area contributed by atoms with Gasteiger partial charge in [-0.1, -0.05) is 30.3 Å². The third-order valence-corrected chi connectivity index (χ3v) is 2.88. The van der Waals surface area contributed by atoms with Crippen LogP contribution < -0.4 is 0 Å². The Morgan fingerprint density at radius 3 is 2.53 bits per heavy atom. The van der Waals surface area contributed by atoms with Crippen LogP contribution in [0.25, 0.3) is 0 Å². The molecule has 0 aliphatic carbocycles. The monoisotopic (exact) mass is 257 g/mol. The van der Waals surface area contributed by atoms with Gasteiger partial charge in [0, 0.05) is 32.1 Å². The third kappa shape index (κ3) is 6.03. The van der Waals surface area contributed by atoms with Crippen molar-refractivity contribution in [3.8, 4) is 0 Å². The van der Waals surface area contributed by atoms with E-state index in [-0.39, 0.29) is 12.5 Å². The summed E-state index contributed by atoms with van der Waals surface area (Å²) in [5.74, 6) is 0.240. The van der Waals surface area contributed by atoms with Crippen LogP contribution in [0.1, 0.15) is 12.0 Å². The molecule has 1 aromatic carbocycles. The van der Waals surface area contributed by atoms with Crippen LogP contribution in [0.3, 0.4) is 0 Å². The highest BCUT2D eigenvalue weighted by Crippen LogP contribution is 2.06. The van der Waals surface area contributed by atoms with Crippen molar-refractivity contribution in [2.24, 2.45) is 0 Å². The molecule has 0 radical (unpaired) electrons. The molecule has 17 heavy (non-hydrogen) atoms. The van der Waals surface area contributed by atoms with E-state index in [0.29, 0.717) is 13.0 Å². The molecular weight excluding hydrogens is 238 g/mol. The molecule has 0 aromatic heterocycles. The molecule has 0 saturated heterocycles. The minimum atomic E-state index is -0.515. The van der Waals surface area contributed by atoms with E-state index >= 15 is 0 Å². The van der Waals surface area contributed by atoms with Gasteiger partial charge in [0.25, 0.3) is 0 Å². The van der Waals surface area contributed by atoms with Gasteiger partial charge in [-0.25, -0.2) is 0 Å². The molecule has 0 amide bonds. The van der Waals surface area contributed by atoms with Crippen LogP contribution in [0, 0.1) is 0 Å². The first-order valence-electron chi connectivity index (χ1n) is 5.87. The molecule has 3 nitrogen and oxygen atoms in total. The van der Waals surface area contributed by atoms with E-state index in [1.807, 2.05) is 18.2 Å². The van der Waals surface area contributed by atoms with Gasteiger partial charge in [0.15, 0.2) is 0 Å². The molecule has 96 valence electrons. The minimum absolute atomic E-state index is 0.169. The zero-order valence-electron chi connectivity index (χ0n) is 9.93. The number of aliphatic hydroxyl groups excluding tert-OH is 2. The van der Waals surface area contributed by atoms with E-state index in [9.17, 15) is 5.11 Å². The molecule has 0 spiro atoms. The first kappa shape index (κ1) is 14.5. The Morgan fingerprint density at radius 1 is 1.24 bits per heavy atom. The molecule has 1 atom stereocenters. The number of benzene rings is 1. The van der Waals surface area contributed by atoms with E-state index < -0.39 is 6.10 Å². The second-order valence-corrected chi connectivity index (χ2v) is 4.41. The maximum atomic E-state index is 9.57. The van der Waals surface area contributed by atoms with Gasteiger partial charge in [0.1, 0.15) is 0 Å². The Morgan fingerprint density at radius 2 is 1.94 bits per heavy atom. The Bertz CT molecular complexity index is 295. The predicted molar refractivity (Wildman–Crippen MR) is 70.1 cm³/mol. The fourth-order valence-electron chi connectivity index (χ4n) is 1.72. The minimum Gasteiger partial charge on any atom is -0.396 e. The summed E-state index contributed by atoms with van der Waals surface area (Å²) in [7, 11) is 0. The molecule has 1 rings (SSSR count). The largest absolute Gasteiger partial charge is 0.396 e. The average Bonchev–Trinajstić information content (AvgIpc) is 2.37. The van der Waals surface area contributed by atoms with Crippen molar-refractivity contribution in [1.29, 1.82) is 0 Å². The maximum Gasteiger partial charge on any atom is 0.0802 e. The molecule has 4 heteroatoms. The van der Waals surface area contributed by atoms with Gasteiger partial charge in [0.05, 0.1) is 6.10 Å². The lowest BCUT2D eigenvalue weighted by molar-refractivity contribution is 0.118. The lowest BCUT2D eigenvalue weighted by atomic mass is 10.2. The first-order chi connectivity index (χ1) is 8.26. The standard InChI is InChI=1S/C13H20ClNO2/c14-9-13(17)11-15(7-4-8-16)10-12-5-2-1-3-6-12/h1-3,5-6,13,16-17H,4,7-11H2. The summed E-state index contributed by atoms with van der Waals surface area (Å²) in [6.07, 6.45) is 0.195. The Hall–Kier alpha value is -0.610. The van der Waals surface area contributed by atoms with Crippen LogP contribution in [0.4, 0.5) is 0 Å². The van der Waals surface area contributed by atoms with Crippen LogP contribution in [-0.4, -0.2) is 46.8 Å². The fraction of sp³-hybridized carbons (Fsp3) is 0.538. The number of alkyl halides is 1. The highest BCUT2D eigenvalue weighted by molar-refractivity contribution is 6.18. The highest BCUT2D eigenvalue weighted by atomic mass is 35.5. The summed E-state index contributed by atoms with van der Waals surface area (Å²) in [6, 6.07) is 10.1. The summed E-state index contributed by atoms with van der Waals surface area (Å²) >= 11 is 5.61. The zero-order chi connectivity index (χ0) is 12.5. The number of halogens is 1. The normalized spacial score (nSPS) is 12.9. The second kappa shape index (κ2) is 8.48. The van der Waals surface area contributed by atoms with Crippen molar-refractivity contribution >= 4 is 11.6 Å². The van der Waals surface area contributed by atoms with E-state index in [4.69, 9.17) is 16.7 Å². The van der Waals surface area contributed by atoms with Crippen molar-refractivity contribution < 1.29 is 10.2 Å². The van der Waals surface area contributed by atoms with Gasteiger partial charge in [-0.15, -0.1) is 11.6 Å². The lowest BCUT2D eigenvalue weighted by Crippen LogP contribution is -2.34. The molecule has 0 fully saturated rings. The van der Waals surface area contributed by atoms with Gasteiger partial charge in [-0.2, -0.15) is 0 Å². The van der Waals surface area contributed by atoms with Gasteiger partial charge in [-0.3, -0.25) is 4.90 Å². The van der Waals surface area contributed by atoms with Crippen molar-refractivity contribution in [2.45, 2.75) is 19.1 Å². The average molecular weight is 258 g/mol. The SMILES string of the molecule is OCCCN(Cc1ccccc1)CC(O)CCl. The summed E-state index contributed by atoms with van der Waals surface area (Å²) in [5.41, 5.74) is 1.20. The van der Waals surface area contributed by atoms with E-state index in [1.54, 1.807) is 0 Å². The zero-order valence-corrected chi connectivity index (χ0v) is 10.7. The Labute approximate surface area is 108 Å². The van der Waals surface area contributed by atoms with E-state index in [2.05, 4.69) is 17.0 Å². The molecule has 0 heterocycles. The number of nitrogens with zero attached hydrogens (tertiary/aromatic N) is 1. The highest BCUT2D eigenvalue weighted by Gasteiger charge is 2.11. The maximum absolute atomic E-state index is 9.57. The molecule has 0 bridgehead atoms. The smallest absolute Gasteiger partial charge is 0.0802 e.